The van der Waals surface area contributed by atoms with Crippen molar-refractivity contribution in [1.82, 2.24) is 4.90 Å². The number of esters is 1. The van der Waals surface area contributed by atoms with E-state index >= 15 is 0 Å². The molecule has 5 heteroatoms. The van der Waals surface area contributed by atoms with Crippen LogP contribution in [0.2, 0.25) is 0 Å². The summed E-state index contributed by atoms with van der Waals surface area (Å²) in [5.41, 5.74) is 1.15. The zero-order chi connectivity index (χ0) is 13.9. The molecule has 0 aliphatic heterocycles. The summed E-state index contributed by atoms with van der Waals surface area (Å²) in [7, 11) is 1.40. The van der Waals surface area contributed by atoms with Crippen LogP contribution in [0.5, 0.6) is 0 Å². The van der Waals surface area contributed by atoms with Crippen molar-refractivity contribution in [3.8, 4) is 0 Å². The number of nitrogens with zero attached hydrogens (tertiary/aromatic N) is 1. The standard InChI is InChI=1S/C14H17Cl2NO2/c1-19-13(18)10-17(9-12-7-14(12,15)16)8-11-5-3-2-4-6-11/h2-6,12H,7-10H2,1H3. The van der Waals surface area contributed by atoms with Crippen LogP contribution >= 0.6 is 23.2 Å². The van der Waals surface area contributed by atoms with E-state index in [4.69, 9.17) is 27.9 Å². The Morgan fingerprint density at radius 3 is 2.58 bits per heavy atom. The van der Waals surface area contributed by atoms with Crippen molar-refractivity contribution in [2.24, 2.45) is 5.92 Å². The first kappa shape index (κ1) is 14.6. The molecule has 0 bridgehead atoms. The summed E-state index contributed by atoms with van der Waals surface area (Å²) in [6, 6.07) is 10.0. The number of hydrogen-bond donors (Lipinski definition) is 0. The van der Waals surface area contributed by atoms with Gasteiger partial charge in [0.2, 0.25) is 0 Å². The molecule has 19 heavy (non-hydrogen) atoms. The van der Waals surface area contributed by atoms with Crippen LogP contribution in [0.15, 0.2) is 30.3 Å². The molecule has 1 aromatic carbocycles. The lowest BCUT2D eigenvalue weighted by Gasteiger charge is -2.21. The molecule has 1 aliphatic rings. The number of hydrogen-bond acceptors (Lipinski definition) is 3. The summed E-state index contributed by atoms with van der Waals surface area (Å²) in [5.74, 6) is -0.0180. The fraction of sp³-hybridized carbons (Fsp3) is 0.500. The number of methoxy groups -OCH3 is 1. The first-order chi connectivity index (χ1) is 9.01. The SMILES string of the molecule is COC(=O)CN(Cc1ccccc1)CC1CC1(Cl)Cl. The van der Waals surface area contributed by atoms with Crippen LogP contribution < -0.4 is 0 Å². The smallest absolute Gasteiger partial charge is 0.319 e. The van der Waals surface area contributed by atoms with E-state index in [0.29, 0.717) is 13.1 Å². The lowest BCUT2D eigenvalue weighted by Crippen LogP contribution is -2.32. The van der Waals surface area contributed by atoms with Gasteiger partial charge >= 0.3 is 5.97 Å². The quantitative estimate of drug-likeness (QED) is 0.598. The van der Waals surface area contributed by atoms with Crippen molar-refractivity contribution in [3.63, 3.8) is 0 Å². The molecule has 0 N–H and O–H groups in total. The van der Waals surface area contributed by atoms with E-state index in [0.717, 1.165) is 12.0 Å². The van der Waals surface area contributed by atoms with E-state index in [1.165, 1.54) is 7.11 Å². The predicted molar refractivity (Wildman–Crippen MR) is 76.3 cm³/mol. The van der Waals surface area contributed by atoms with Gasteiger partial charge in [-0.1, -0.05) is 30.3 Å². The highest BCUT2D eigenvalue weighted by Gasteiger charge is 2.52. The van der Waals surface area contributed by atoms with Crippen LogP contribution in [0.3, 0.4) is 0 Å². The molecule has 1 fully saturated rings. The van der Waals surface area contributed by atoms with Crippen molar-refractivity contribution >= 4 is 29.2 Å². The molecule has 2 rings (SSSR count). The summed E-state index contributed by atoms with van der Waals surface area (Å²) >= 11 is 12.1. The lowest BCUT2D eigenvalue weighted by molar-refractivity contribution is -0.142. The van der Waals surface area contributed by atoms with E-state index in [1.54, 1.807) is 0 Å². The van der Waals surface area contributed by atoms with Gasteiger partial charge in [0.15, 0.2) is 0 Å². The molecule has 1 saturated carbocycles. The van der Waals surface area contributed by atoms with E-state index in [1.807, 2.05) is 35.2 Å². The second-order valence-corrected chi connectivity index (χ2v) is 6.44. The zero-order valence-electron chi connectivity index (χ0n) is 10.8. The second kappa shape index (κ2) is 6.12. The van der Waals surface area contributed by atoms with Gasteiger partial charge < -0.3 is 4.74 Å². The Morgan fingerprint density at radius 2 is 2.05 bits per heavy atom. The monoisotopic (exact) mass is 301 g/mol. The molecule has 3 nitrogen and oxygen atoms in total. The summed E-state index contributed by atoms with van der Waals surface area (Å²) in [6.45, 7) is 1.65. The molecule has 0 spiro atoms. The highest BCUT2D eigenvalue weighted by atomic mass is 35.5. The van der Waals surface area contributed by atoms with E-state index in [2.05, 4.69) is 0 Å². The van der Waals surface area contributed by atoms with Crippen molar-refractivity contribution in [3.05, 3.63) is 35.9 Å². The molecule has 0 radical (unpaired) electrons. The molecule has 1 aliphatic carbocycles. The summed E-state index contributed by atoms with van der Waals surface area (Å²) in [6.07, 6.45) is 0.780. The molecule has 1 atom stereocenters. The number of halogens is 2. The van der Waals surface area contributed by atoms with Crippen molar-refractivity contribution in [1.29, 1.82) is 0 Å². The lowest BCUT2D eigenvalue weighted by atomic mass is 10.2. The van der Waals surface area contributed by atoms with Gasteiger partial charge in [-0.2, -0.15) is 0 Å². The molecule has 0 saturated heterocycles. The summed E-state index contributed by atoms with van der Waals surface area (Å²) < 4.78 is 4.11. The Bertz CT molecular complexity index is 436. The van der Waals surface area contributed by atoms with Crippen LogP contribution in [0.1, 0.15) is 12.0 Å². The molecule has 0 heterocycles. The summed E-state index contributed by atoms with van der Waals surface area (Å²) in [4.78, 5) is 13.5. The highest BCUT2D eigenvalue weighted by Crippen LogP contribution is 2.53. The minimum Gasteiger partial charge on any atom is -0.468 e. The third-order valence-electron chi connectivity index (χ3n) is 3.26. The van der Waals surface area contributed by atoms with Gasteiger partial charge in [-0.15, -0.1) is 23.2 Å². The van der Waals surface area contributed by atoms with E-state index in [-0.39, 0.29) is 18.4 Å². The largest absolute Gasteiger partial charge is 0.468 e. The van der Waals surface area contributed by atoms with Gasteiger partial charge in [-0.05, 0) is 12.0 Å². The Morgan fingerprint density at radius 1 is 1.42 bits per heavy atom. The zero-order valence-corrected chi connectivity index (χ0v) is 12.3. The number of alkyl halides is 2. The Hall–Kier alpha value is -0.770. The third-order valence-corrected chi connectivity index (χ3v) is 4.19. The molecule has 0 aromatic heterocycles. The average molecular weight is 302 g/mol. The molecule has 1 aromatic rings. The van der Waals surface area contributed by atoms with E-state index < -0.39 is 4.33 Å². The van der Waals surface area contributed by atoms with Crippen molar-refractivity contribution in [2.45, 2.75) is 17.3 Å². The van der Waals surface area contributed by atoms with Crippen molar-refractivity contribution in [2.75, 3.05) is 20.2 Å². The van der Waals surface area contributed by atoms with Gasteiger partial charge in [-0.3, -0.25) is 9.69 Å². The second-order valence-electron chi connectivity index (χ2n) is 4.89. The normalized spacial score (nSPS) is 20.3. The molecular formula is C14H17Cl2NO2. The number of benzene rings is 1. The number of carbonyl (C=O) groups excluding carboxylic acids is 1. The highest BCUT2D eigenvalue weighted by molar-refractivity contribution is 6.50. The molecule has 1 unspecified atom stereocenters. The van der Waals surface area contributed by atoms with Crippen LogP contribution in [-0.2, 0) is 16.1 Å². The number of carbonyl (C=O) groups is 1. The third kappa shape index (κ3) is 4.37. The first-order valence-electron chi connectivity index (χ1n) is 6.22. The maximum absolute atomic E-state index is 11.4. The average Bonchev–Trinajstić information content (AvgIpc) is 2.97. The maximum Gasteiger partial charge on any atom is 0.319 e. The predicted octanol–water partition coefficient (Wildman–Crippen LogP) is 2.86. The Labute approximate surface area is 123 Å². The Kier molecular flexibility index (Phi) is 4.71. The number of ether oxygens (including phenoxy) is 1. The van der Waals surface area contributed by atoms with Crippen molar-refractivity contribution < 1.29 is 9.53 Å². The van der Waals surface area contributed by atoms with Crippen LogP contribution in [0, 0.1) is 5.92 Å². The van der Waals surface area contributed by atoms with Gasteiger partial charge in [0.25, 0.3) is 0 Å². The van der Waals surface area contributed by atoms with Gasteiger partial charge in [0, 0.05) is 19.0 Å². The fourth-order valence-corrected chi connectivity index (χ4v) is 2.56. The number of rotatable bonds is 6. The molecule has 0 amide bonds. The molecule has 104 valence electrons. The summed E-state index contributed by atoms with van der Waals surface area (Å²) in [5, 5.41) is 0. The van der Waals surface area contributed by atoms with Crippen LogP contribution in [0.25, 0.3) is 0 Å². The van der Waals surface area contributed by atoms with Crippen LogP contribution in [0.4, 0.5) is 0 Å². The van der Waals surface area contributed by atoms with Gasteiger partial charge in [0.05, 0.1) is 13.7 Å². The van der Waals surface area contributed by atoms with E-state index in [9.17, 15) is 4.79 Å². The first-order valence-corrected chi connectivity index (χ1v) is 6.98. The molecular weight excluding hydrogens is 285 g/mol. The van der Waals surface area contributed by atoms with Crippen LogP contribution in [-0.4, -0.2) is 35.4 Å². The maximum atomic E-state index is 11.4. The Balaban J connectivity index is 1.96. The minimum atomic E-state index is -0.620. The van der Waals surface area contributed by atoms with Gasteiger partial charge in [0.1, 0.15) is 4.33 Å². The fourth-order valence-electron chi connectivity index (χ4n) is 2.05. The minimum absolute atomic E-state index is 0.226. The van der Waals surface area contributed by atoms with Gasteiger partial charge in [-0.25, -0.2) is 0 Å². The topological polar surface area (TPSA) is 29.5 Å².